The lowest BCUT2D eigenvalue weighted by molar-refractivity contribution is 0.00820. The Morgan fingerprint density at radius 2 is 2.25 bits per heavy atom. The molecule has 3 heteroatoms. The maximum atomic E-state index is 5.71. The first kappa shape index (κ1) is 10.5. The van der Waals surface area contributed by atoms with Crippen LogP contribution in [-0.4, -0.2) is 31.3 Å². The van der Waals surface area contributed by atoms with Crippen LogP contribution >= 0.6 is 15.9 Å². The van der Waals surface area contributed by atoms with Crippen molar-refractivity contribution in [2.24, 2.45) is 5.41 Å². The molecule has 3 unspecified atom stereocenters. The third-order valence-electron chi connectivity index (χ3n) is 2.69. The summed E-state index contributed by atoms with van der Waals surface area (Å²) in [7, 11) is 1.75. The Kier molecular flexibility index (Phi) is 3.56. The number of methoxy groups -OCH3 is 1. The van der Waals surface area contributed by atoms with Gasteiger partial charge in [-0.05, 0) is 20.3 Å². The summed E-state index contributed by atoms with van der Waals surface area (Å²) in [4.78, 5) is 0. The lowest BCUT2D eigenvalue weighted by atomic mass is 9.83. The van der Waals surface area contributed by atoms with Gasteiger partial charge in [0.2, 0.25) is 0 Å². The molecule has 0 radical (unpaired) electrons. The molecule has 0 amide bonds. The van der Waals surface area contributed by atoms with E-state index in [2.05, 4.69) is 29.8 Å². The summed E-state index contributed by atoms with van der Waals surface area (Å²) in [5.74, 6) is 0. The smallest absolute Gasteiger partial charge is 0.0637 e. The largest absolute Gasteiger partial charge is 0.384 e. The molecule has 3 atom stereocenters. The second-order valence-corrected chi connectivity index (χ2v) is 4.28. The average Bonchev–Trinajstić information content (AvgIpc) is 2.28. The molecule has 0 aromatic rings. The molecule has 0 saturated carbocycles. The van der Waals surface area contributed by atoms with Crippen molar-refractivity contribution in [2.45, 2.75) is 32.5 Å². The van der Waals surface area contributed by atoms with Gasteiger partial charge in [-0.2, -0.15) is 0 Å². The van der Waals surface area contributed by atoms with Gasteiger partial charge in [0.15, 0.2) is 0 Å². The van der Waals surface area contributed by atoms with Crippen LogP contribution < -0.4 is 0 Å². The van der Waals surface area contributed by atoms with E-state index < -0.39 is 0 Å². The highest BCUT2D eigenvalue weighted by Crippen LogP contribution is 2.40. The molecular weight excluding hydrogens is 220 g/mol. The van der Waals surface area contributed by atoms with Gasteiger partial charge in [0.1, 0.15) is 0 Å². The van der Waals surface area contributed by atoms with Crippen molar-refractivity contribution in [1.82, 2.24) is 0 Å². The van der Waals surface area contributed by atoms with Crippen LogP contribution in [-0.2, 0) is 9.47 Å². The number of ether oxygens (including phenoxy) is 2. The highest BCUT2D eigenvalue weighted by Gasteiger charge is 2.43. The number of rotatable bonds is 3. The fourth-order valence-electron chi connectivity index (χ4n) is 1.94. The first-order valence-corrected chi connectivity index (χ1v) is 5.47. The molecule has 2 nitrogen and oxygen atoms in total. The van der Waals surface area contributed by atoms with E-state index >= 15 is 0 Å². The number of hydrogen-bond acceptors (Lipinski definition) is 2. The van der Waals surface area contributed by atoms with Crippen LogP contribution in [0.5, 0.6) is 0 Å². The fraction of sp³-hybridized carbons (Fsp3) is 1.00. The Hall–Kier alpha value is 0.400. The Morgan fingerprint density at radius 3 is 2.58 bits per heavy atom. The molecular formula is C9H17BrO2. The predicted octanol–water partition coefficient (Wildman–Crippen LogP) is 2.21. The van der Waals surface area contributed by atoms with E-state index in [-0.39, 0.29) is 5.41 Å². The maximum absolute atomic E-state index is 5.71. The third kappa shape index (κ3) is 1.83. The standard InChI is InChI=1S/C9H17BrO2/c1-7-4-9(5-10,6-11-3)8(2)12-7/h7-8H,4-6H2,1-3H3. The molecule has 12 heavy (non-hydrogen) atoms. The van der Waals surface area contributed by atoms with Crippen molar-refractivity contribution < 1.29 is 9.47 Å². The Morgan fingerprint density at radius 1 is 1.58 bits per heavy atom. The van der Waals surface area contributed by atoms with E-state index in [1.807, 2.05) is 0 Å². The quantitative estimate of drug-likeness (QED) is 0.700. The molecule has 0 aliphatic carbocycles. The van der Waals surface area contributed by atoms with Gasteiger partial charge < -0.3 is 9.47 Å². The van der Waals surface area contributed by atoms with Crippen LogP contribution in [0.2, 0.25) is 0 Å². The third-order valence-corrected chi connectivity index (χ3v) is 3.81. The molecule has 0 N–H and O–H groups in total. The van der Waals surface area contributed by atoms with Crippen molar-refractivity contribution >= 4 is 15.9 Å². The molecule has 72 valence electrons. The minimum Gasteiger partial charge on any atom is -0.384 e. The zero-order valence-corrected chi connectivity index (χ0v) is 9.56. The van der Waals surface area contributed by atoms with Crippen LogP contribution in [0, 0.1) is 5.41 Å². The Bertz CT molecular complexity index is 151. The van der Waals surface area contributed by atoms with Gasteiger partial charge >= 0.3 is 0 Å². The van der Waals surface area contributed by atoms with E-state index in [0.29, 0.717) is 12.2 Å². The van der Waals surface area contributed by atoms with Gasteiger partial charge in [0.05, 0.1) is 18.8 Å². The van der Waals surface area contributed by atoms with Gasteiger partial charge in [-0.1, -0.05) is 15.9 Å². The second-order valence-electron chi connectivity index (χ2n) is 3.72. The number of alkyl halides is 1. The zero-order chi connectivity index (χ0) is 9.19. The second kappa shape index (κ2) is 4.07. The molecule has 0 spiro atoms. The summed E-state index contributed by atoms with van der Waals surface area (Å²) in [5, 5.41) is 0.958. The van der Waals surface area contributed by atoms with Crippen molar-refractivity contribution in [1.29, 1.82) is 0 Å². The molecule has 0 bridgehead atoms. The minimum absolute atomic E-state index is 0.189. The molecule has 1 heterocycles. The van der Waals surface area contributed by atoms with E-state index in [0.717, 1.165) is 18.4 Å². The summed E-state index contributed by atoms with van der Waals surface area (Å²) >= 11 is 3.54. The van der Waals surface area contributed by atoms with Crippen LogP contribution in [0.4, 0.5) is 0 Å². The predicted molar refractivity (Wildman–Crippen MR) is 52.7 cm³/mol. The average molecular weight is 237 g/mol. The highest BCUT2D eigenvalue weighted by molar-refractivity contribution is 9.09. The van der Waals surface area contributed by atoms with E-state index in [1.54, 1.807) is 7.11 Å². The normalized spacial score (nSPS) is 42.0. The SMILES string of the molecule is COCC1(CBr)CC(C)OC1C. The van der Waals surface area contributed by atoms with Gasteiger partial charge in [-0.25, -0.2) is 0 Å². The van der Waals surface area contributed by atoms with Gasteiger partial charge in [0, 0.05) is 17.9 Å². The summed E-state index contributed by atoms with van der Waals surface area (Å²) in [6.45, 7) is 5.03. The minimum atomic E-state index is 0.189. The van der Waals surface area contributed by atoms with Crippen LogP contribution in [0.3, 0.4) is 0 Å². The Balaban J connectivity index is 2.65. The van der Waals surface area contributed by atoms with Crippen molar-refractivity contribution in [3.05, 3.63) is 0 Å². The van der Waals surface area contributed by atoms with Gasteiger partial charge in [-0.15, -0.1) is 0 Å². The van der Waals surface area contributed by atoms with Gasteiger partial charge in [0.25, 0.3) is 0 Å². The van der Waals surface area contributed by atoms with E-state index in [4.69, 9.17) is 9.47 Å². The molecule has 1 aliphatic rings. The first-order chi connectivity index (χ1) is 5.64. The summed E-state index contributed by atoms with van der Waals surface area (Å²) < 4.78 is 10.9. The van der Waals surface area contributed by atoms with E-state index in [1.165, 1.54) is 0 Å². The molecule has 1 saturated heterocycles. The molecule has 1 aliphatic heterocycles. The topological polar surface area (TPSA) is 18.5 Å². The fourth-order valence-corrected chi connectivity index (χ4v) is 2.79. The molecule has 1 fully saturated rings. The van der Waals surface area contributed by atoms with E-state index in [9.17, 15) is 0 Å². The highest BCUT2D eigenvalue weighted by atomic mass is 79.9. The van der Waals surface area contributed by atoms with Gasteiger partial charge in [-0.3, -0.25) is 0 Å². The molecule has 1 rings (SSSR count). The van der Waals surface area contributed by atoms with Crippen molar-refractivity contribution in [2.75, 3.05) is 19.0 Å². The monoisotopic (exact) mass is 236 g/mol. The Labute approximate surface area is 82.7 Å². The van der Waals surface area contributed by atoms with Crippen LogP contribution in [0.25, 0.3) is 0 Å². The molecule has 0 aromatic carbocycles. The summed E-state index contributed by atoms with van der Waals surface area (Å²) in [6, 6.07) is 0. The first-order valence-electron chi connectivity index (χ1n) is 4.35. The summed E-state index contributed by atoms with van der Waals surface area (Å²) in [5.41, 5.74) is 0.189. The van der Waals surface area contributed by atoms with Crippen molar-refractivity contribution in [3.63, 3.8) is 0 Å². The maximum Gasteiger partial charge on any atom is 0.0637 e. The molecule has 0 aromatic heterocycles. The summed E-state index contributed by atoms with van der Waals surface area (Å²) in [6.07, 6.45) is 1.76. The lowest BCUT2D eigenvalue weighted by Gasteiger charge is -2.28. The number of hydrogen-bond donors (Lipinski definition) is 0. The zero-order valence-electron chi connectivity index (χ0n) is 7.97. The van der Waals surface area contributed by atoms with Crippen molar-refractivity contribution in [3.8, 4) is 0 Å². The number of halogens is 1. The van der Waals surface area contributed by atoms with Crippen LogP contribution in [0.1, 0.15) is 20.3 Å². The van der Waals surface area contributed by atoms with Crippen LogP contribution in [0.15, 0.2) is 0 Å². The lowest BCUT2D eigenvalue weighted by Crippen LogP contribution is -2.35.